The van der Waals surface area contributed by atoms with Gasteiger partial charge in [-0.3, -0.25) is 12.2 Å². The predicted octanol–water partition coefficient (Wildman–Crippen LogP) is 4.66. The molecule has 17 heavy (non-hydrogen) atoms. The van der Waals surface area contributed by atoms with Crippen molar-refractivity contribution in [2.45, 2.75) is 40.5 Å². The first-order valence-corrected chi connectivity index (χ1v) is 6.15. The Morgan fingerprint density at radius 2 is 1.18 bits per heavy atom. The van der Waals surface area contributed by atoms with Gasteiger partial charge in [0.2, 0.25) is 0 Å². The van der Waals surface area contributed by atoms with E-state index >= 15 is 0 Å². The zero-order valence-corrected chi connectivity index (χ0v) is 13.8. The Kier molecular flexibility index (Phi) is 8.78. The molecule has 0 fully saturated rings. The first-order valence-electron chi connectivity index (χ1n) is 6.15. The van der Waals surface area contributed by atoms with E-state index in [0.29, 0.717) is 11.8 Å². The summed E-state index contributed by atoms with van der Waals surface area (Å²) in [6, 6.07) is 0. The van der Waals surface area contributed by atoms with Crippen LogP contribution in [-0.4, -0.2) is 0 Å². The molecule has 0 unspecified atom stereocenters. The van der Waals surface area contributed by atoms with E-state index in [1.165, 1.54) is 11.1 Å². The third-order valence-corrected chi connectivity index (χ3v) is 2.69. The third kappa shape index (κ3) is 6.36. The largest absolute Gasteiger partial charge is 2.00 e. The molecule has 0 amide bonds. The van der Waals surface area contributed by atoms with Crippen LogP contribution in [0.15, 0.2) is 35.5 Å². The Bertz CT molecular complexity index is 293. The molecule has 2 rings (SSSR count). The molecule has 0 aromatic heterocycles. The smallest absolute Gasteiger partial charge is 0.269 e. The first-order chi connectivity index (χ1) is 7.61. The summed E-state index contributed by atoms with van der Waals surface area (Å²) >= 11 is 0. The molecule has 0 atom stereocenters. The molecular weight excluding hydrogens is 283 g/mol. The van der Waals surface area contributed by atoms with E-state index in [0.717, 1.165) is 12.8 Å². The van der Waals surface area contributed by atoms with Crippen LogP contribution in [0.1, 0.15) is 40.5 Å². The van der Waals surface area contributed by atoms with Crippen LogP contribution in [0.5, 0.6) is 0 Å². The zero-order valence-electron chi connectivity index (χ0n) is 11.4. The van der Waals surface area contributed by atoms with Gasteiger partial charge in [0.05, 0.1) is 0 Å². The van der Waals surface area contributed by atoms with E-state index in [1.54, 1.807) is 0 Å². The predicted molar refractivity (Wildman–Crippen MR) is 70.7 cm³/mol. The van der Waals surface area contributed by atoms with Gasteiger partial charge in [-0.05, 0) is 0 Å². The number of rotatable bonds is 2. The fourth-order valence-electron chi connectivity index (χ4n) is 1.64. The molecule has 1 heteroatoms. The molecule has 0 aliphatic heterocycles. The van der Waals surface area contributed by atoms with Crippen LogP contribution in [0.3, 0.4) is 0 Å². The average Bonchev–Trinajstić information content (AvgIpc) is 2.93. The van der Waals surface area contributed by atoms with Gasteiger partial charge in [-0.25, -0.2) is 23.3 Å². The standard InChI is InChI=1S/2C8H11.Zr/c2*1-7(2)8-5-3-4-6-8;/h2*3,5,7H,4H2,1-2H3;/q2*-1;+2. The Balaban J connectivity index is 0.000000284. The number of hydrogen-bond acceptors (Lipinski definition) is 0. The molecule has 0 saturated heterocycles. The first kappa shape index (κ1) is 16.8. The summed E-state index contributed by atoms with van der Waals surface area (Å²) < 4.78 is 0. The van der Waals surface area contributed by atoms with Crippen LogP contribution >= 0.6 is 0 Å². The normalized spacial score (nSPS) is 16.6. The van der Waals surface area contributed by atoms with Crippen LogP contribution in [0.25, 0.3) is 0 Å². The van der Waals surface area contributed by atoms with E-state index in [9.17, 15) is 0 Å². The Labute approximate surface area is 126 Å². The van der Waals surface area contributed by atoms with Gasteiger partial charge in [-0.1, -0.05) is 39.5 Å². The van der Waals surface area contributed by atoms with Crippen molar-refractivity contribution in [2.24, 2.45) is 11.8 Å². The van der Waals surface area contributed by atoms with Crippen molar-refractivity contribution in [3.63, 3.8) is 0 Å². The summed E-state index contributed by atoms with van der Waals surface area (Å²) in [5.41, 5.74) is 2.73. The molecule has 0 N–H and O–H groups in total. The molecule has 0 aromatic carbocycles. The summed E-state index contributed by atoms with van der Waals surface area (Å²) in [4.78, 5) is 0. The van der Waals surface area contributed by atoms with Gasteiger partial charge in [-0.2, -0.15) is 12.2 Å². The van der Waals surface area contributed by atoms with Crippen molar-refractivity contribution in [3.8, 4) is 0 Å². The molecule has 2 aliphatic carbocycles. The van der Waals surface area contributed by atoms with Crippen LogP contribution in [-0.2, 0) is 26.2 Å². The van der Waals surface area contributed by atoms with E-state index < -0.39 is 0 Å². The minimum absolute atomic E-state index is 0. The maximum atomic E-state index is 3.26. The second kappa shape index (κ2) is 8.86. The second-order valence-corrected chi connectivity index (χ2v) is 4.79. The zero-order chi connectivity index (χ0) is 12.0. The van der Waals surface area contributed by atoms with Gasteiger partial charge in [0.1, 0.15) is 0 Å². The van der Waals surface area contributed by atoms with Crippen molar-refractivity contribution in [1.29, 1.82) is 0 Å². The van der Waals surface area contributed by atoms with Gasteiger partial charge in [0, 0.05) is 0 Å². The van der Waals surface area contributed by atoms with Crippen LogP contribution in [0, 0.1) is 24.0 Å². The van der Waals surface area contributed by atoms with Gasteiger partial charge in [0.15, 0.2) is 0 Å². The minimum Gasteiger partial charge on any atom is -0.269 e. The van der Waals surface area contributed by atoms with Crippen molar-refractivity contribution < 1.29 is 26.2 Å². The molecular formula is C16H22Zr. The SMILES string of the molecule is CC(C)C1=[C-]CC=C1.CC(C)C1=[C-]CC=C1.[Zr+2]. The van der Waals surface area contributed by atoms with E-state index in [2.05, 4.69) is 64.2 Å². The van der Waals surface area contributed by atoms with Crippen molar-refractivity contribution in [2.75, 3.05) is 0 Å². The molecule has 0 heterocycles. The Morgan fingerprint density at radius 3 is 1.29 bits per heavy atom. The second-order valence-electron chi connectivity index (χ2n) is 4.79. The van der Waals surface area contributed by atoms with Crippen molar-refractivity contribution in [3.05, 3.63) is 47.6 Å². The molecule has 2 aliphatic rings. The minimum atomic E-state index is 0. The average molecular weight is 306 g/mol. The maximum Gasteiger partial charge on any atom is 2.00 e. The van der Waals surface area contributed by atoms with Crippen molar-refractivity contribution in [1.82, 2.24) is 0 Å². The fraction of sp³-hybridized carbons (Fsp3) is 0.500. The summed E-state index contributed by atoms with van der Waals surface area (Å²) in [5.74, 6) is 1.32. The molecule has 0 saturated carbocycles. The van der Waals surface area contributed by atoms with Gasteiger partial charge >= 0.3 is 26.2 Å². The van der Waals surface area contributed by atoms with Crippen LogP contribution < -0.4 is 0 Å². The molecule has 0 bridgehead atoms. The monoisotopic (exact) mass is 304 g/mol. The maximum absolute atomic E-state index is 3.26. The topological polar surface area (TPSA) is 0 Å². The molecule has 0 nitrogen and oxygen atoms in total. The number of hydrogen-bond donors (Lipinski definition) is 0. The summed E-state index contributed by atoms with van der Waals surface area (Å²) in [6.07, 6.45) is 17.2. The third-order valence-electron chi connectivity index (χ3n) is 2.69. The molecule has 0 aromatic rings. The molecule has 0 spiro atoms. The van der Waals surface area contributed by atoms with Gasteiger partial charge in [-0.15, -0.1) is 12.8 Å². The van der Waals surface area contributed by atoms with Gasteiger partial charge < -0.3 is 0 Å². The number of allylic oxidation sites excluding steroid dienone is 8. The quantitative estimate of drug-likeness (QED) is 0.651. The summed E-state index contributed by atoms with van der Waals surface area (Å²) in [7, 11) is 0. The van der Waals surface area contributed by atoms with E-state index in [4.69, 9.17) is 0 Å². The Hall–Kier alpha value is -0.157. The van der Waals surface area contributed by atoms with E-state index in [1.807, 2.05) is 0 Å². The molecule has 90 valence electrons. The Morgan fingerprint density at radius 1 is 0.824 bits per heavy atom. The van der Waals surface area contributed by atoms with Crippen LogP contribution in [0.4, 0.5) is 0 Å². The van der Waals surface area contributed by atoms with E-state index in [-0.39, 0.29) is 26.2 Å². The fourth-order valence-corrected chi connectivity index (χ4v) is 1.64. The summed E-state index contributed by atoms with van der Waals surface area (Å²) in [5, 5.41) is 0. The summed E-state index contributed by atoms with van der Waals surface area (Å²) in [6.45, 7) is 8.77. The molecule has 0 radical (unpaired) electrons. The van der Waals surface area contributed by atoms with Crippen molar-refractivity contribution >= 4 is 0 Å². The van der Waals surface area contributed by atoms with Gasteiger partial charge in [0.25, 0.3) is 0 Å². The van der Waals surface area contributed by atoms with Crippen LogP contribution in [0.2, 0.25) is 0 Å².